The fourth-order valence-electron chi connectivity index (χ4n) is 2.54. The largest absolute Gasteiger partial charge is 0.370 e. The molecule has 1 N–H and O–H groups in total. The summed E-state index contributed by atoms with van der Waals surface area (Å²) >= 11 is 17.9. The van der Waals surface area contributed by atoms with E-state index in [1.165, 1.54) is 0 Å². The molecule has 1 amide bonds. The van der Waals surface area contributed by atoms with Gasteiger partial charge in [0.05, 0.1) is 15.7 Å². The van der Waals surface area contributed by atoms with Gasteiger partial charge in [-0.3, -0.25) is 4.79 Å². The van der Waals surface area contributed by atoms with Crippen LogP contribution in [0.25, 0.3) is 0 Å². The van der Waals surface area contributed by atoms with Gasteiger partial charge in [-0.2, -0.15) is 0 Å². The lowest BCUT2D eigenvalue weighted by Gasteiger charge is -2.35. The number of aryl methyl sites for hydroxylation is 1. The van der Waals surface area contributed by atoms with Crippen LogP contribution < -0.4 is 10.2 Å². The number of benzene rings is 1. The number of halogens is 3. The lowest BCUT2D eigenvalue weighted by atomic mass is 10.0. The van der Waals surface area contributed by atoms with Crippen LogP contribution in [0.15, 0.2) is 12.1 Å². The molecule has 6 heteroatoms. The Morgan fingerprint density at radius 1 is 1.35 bits per heavy atom. The number of nitrogens with one attached hydrogen (secondary N) is 1. The maximum atomic E-state index is 11.3. The lowest BCUT2D eigenvalue weighted by molar-refractivity contribution is -0.119. The molecule has 0 bridgehead atoms. The zero-order chi connectivity index (χ0) is 14.7. The molecule has 20 heavy (non-hydrogen) atoms. The molecule has 1 heterocycles. The van der Waals surface area contributed by atoms with Crippen molar-refractivity contribution in [2.24, 2.45) is 0 Å². The molecule has 0 aromatic heterocycles. The van der Waals surface area contributed by atoms with Crippen molar-refractivity contribution in [3.8, 4) is 0 Å². The first-order valence-corrected chi connectivity index (χ1v) is 7.87. The zero-order valence-electron chi connectivity index (χ0n) is 11.3. The molecular formula is C14H17Cl3N2O. The Labute approximate surface area is 134 Å². The van der Waals surface area contributed by atoms with E-state index in [1.807, 2.05) is 19.1 Å². The van der Waals surface area contributed by atoms with Crippen molar-refractivity contribution in [2.45, 2.75) is 25.8 Å². The summed E-state index contributed by atoms with van der Waals surface area (Å²) in [4.78, 5) is 13.5. The summed E-state index contributed by atoms with van der Waals surface area (Å²) in [6.45, 7) is 3.71. The minimum Gasteiger partial charge on any atom is -0.370 e. The van der Waals surface area contributed by atoms with Crippen LogP contribution in [-0.4, -0.2) is 30.9 Å². The Morgan fingerprint density at radius 2 is 2.00 bits per heavy atom. The predicted octanol–water partition coefficient (Wildman–Crippen LogP) is 3.63. The highest BCUT2D eigenvalue weighted by molar-refractivity contribution is 6.43. The van der Waals surface area contributed by atoms with Crippen LogP contribution in [0.4, 0.5) is 5.69 Å². The van der Waals surface area contributed by atoms with E-state index in [0.29, 0.717) is 10.0 Å². The zero-order valence-corrected chi connectivity index (χ0v) is 13.5. The second-order valence-corrected chi connectivity index (χ2v) is 6.04. The Kier molecular flexibility index (Phi) is 5.42. The van der Waals surface area contributed by atoms with Crippen molar-refractivity contribution >= 4 is 46.4 Å². The summed E-state index contributed by atoms with van der Waals surface area (Å²) in [5.74, 6) is -0.0958. The van der Waals surface area contributed by atoms with Crippen molar-refractivity contribution < 1.29 is 4.79 Å². The minimum absolute atomic E-state index is 0.0133. The standard InChI is InChI=1S/C14H17Cl3N2O/c1-9-2-3-11(16)13(17)14(9)19-6-4-10(5-7-19)18-12(20)8-15/h2-3,10H,4-8H2,1H3,(H,18,20). The van der Waals surface area contributed by atoms with Crippen molar-refractivity contribution in [2.75, 3.05) is 23.9 Å². The van der Waals surface area contributed by atoms with E-state index in [-0.39, 0.29) is 17.8 Å². The van der Waals surface area contributed by atoms with E-state index < -0.39 is 0 Å². The van der Waals surface area contributed by atoms with Gasteiger partial charge in [0.1, 0.15) is 5.88 Å². The first-order chi connectivity index (χ1) is 9.52. The van der Waals surface area contributed by atoms with Gasteiger partial charge in [-0.15, -0.1) is 11.6 Å². The number of hydrogen-bond donors (Lipinski definition) is 1. The average Bonchev–Trinajstić information content (AvgIpc) is 2.45. The molecule has 2 rings (SSSR count). The molecule has 1 fully saturated rings. The van der Waals surface area contributed by atoms with Gasteiger partial charge >= 0.3 is 0 Å². The van der Waals surface area contributed by atoms with Gasteiger partial charge in [0.2, 0.25) is 5.91 Å². The molecule has 1 aliphatic rings. The SMILES string of the molecule is Cc1ccc(Cl)c(Cl)c1N1CCC(NC(=O)CCl)CC1. The number of nitrogens with zero attached hydrogens (tertiary/aromatic N) is 1. The van der Waals surface area contributed by atoms with E-state index in [0.717, 1.165) is 37.2 Å². The van der Waals surface area contributed by atoms with Gasteiger partial charge < -0.3 is 10.2 Å². The summed E-state index contributed by atoms with van der Waals surface area (Å²) in [6, 6.07) is 3.98. The topological polar surface area (TPSA) is 32.3 Å². The van der Waals surface area contributed by atoms with Gasteiger partial charge in [-0.05, 0) is 31.4 Å². The van der Waals surface area contributed by atoms with Gasteiger partial charge in [0.25, 0.3) is 0 Å². The predicted molar refractivity (Wildman–Crippen MR) is 85.3 cm³/mol. The molecule has 1 aromatic rings. The van der Waals surface area contributed by atoms with Crippen LogP contribution >= 0.6 is 34.8 Å². The molecule has 0 atom stereocenters. The molecule has 0 spiro atoms. The first kappa shape index (κ1) is 15.7. The van der Waals surface area contributed by atoms with E-state index >= 15 is 0 Å². The number of alkyl halides is 1. The van der Waals surface area contributed by atoms with Crippen LogP contribution in [0.1, 0.15) is 18.4 Å². The molecule has 1 aromatic carbocycles. The van der Waals surface area contributed by atoms with E-state index in [2.05, 4.69) is 10.2 Å². The first-order valence-electron chi connectivity index (χ1n) is 6.57. The fraction of sp³-hybridized carbons (Fsp3) is 0.500. The Hall–Kier alpha value is -0.640. The summed E-state index contributed by atoms with van der Waals surface area (Å²) in [5.41, 5.74) is 2.11. The van der Waals surface area contributed by atoms with Gasteiger partial charge in [0.15, 0.2) is 0 Å². The Morgan fingerprint density at radius 3 is 2.60 bits per heavy atom. The van der Waals surface area contributed by atoms with Crippen LogP contribution in [0, 0.1) is 6.92 Å². The van der Waals surface area contributed by atoms with Crippen LogP contribution in [-0.2, 0) is 4.79 Å². The number of amides is 1. The molecule has 0 unspecified atom stereocenters. The normalized spacial score (nSPS) is 16.3. The monoisotopic (exact) mass is 334 g/mol. The number of carbonyl (C=O) groups excluding carboxylic acids is 1. The second kappa shape index (κ2) is 6.88. The van der Waals surface area contributed by atoms with E-state index in [9.17, 15) is 4.79 Å². The van der Waals surface area contributed by atoms with Gasteiger partial charge in [0, 0.05) is 19.1 Å². The number of piperidine rings is 1. The van der Waals surface area contributed by atoms with Crippen molar-refractivity contribution in [3.05, 3.63) is 27.7 Å². The summed E-state index contributed by atoms with van der Waals surface area (Å²) in [5, 5.41) is 4.10. The molecule has 0 saturated carbocycles. The molecule has 0 radical (unpaired) electrons. The lowest BCUT2D eigenvalue weighted by Crippen LogP contribution is -2.45. The van der Waals surface area contributed by atoms with Crippen molar-refractivity contribution in [3.63, 3.8) is 0 Å². The van der Waals surface area contributed by atoms with Crippen molar-refractivity contribution in [1.29, 1.82) is 0 Å². The maximum Gasteiger partial charge on any atom is 0.235 e. The minimum atomic E-state index is -0.109. The average molecular weight is 336 g/mol. The van der Waals surface area contributed by atoms with Crippen molar-refractivity contribution in [1.82, 2.24) is 5.32 Å². The number of rotatable bonds is 3. The third-order valence-corrected chi connectivity index (χ3v) is 4.61. The Balaban J connectivity index is 2.04. The van der Waals surface area contributed by atoms with Crippen LogP contribution in [0.2, 0.25) is 10.0 Å². The molecule has 3 nitrogen and oxygen atoms in total. The van der Waals surface area contributed by atoms with E-state index in [1.54, 1.807) is 0 Å². The highest BCUT2D eigenvalue weighted by Crippen LogP contribution is 2.36. The quantitative estimate of drug-likeness (QED) is 0.856. The second-order valence-electron chi connectivity index (χ2n) is 4.99. The molecular weight excluding hydrogens is 319 g/mol. The number of hydrogen-bond acceptors (Lipinski definition) is 2. The summed E-state index contributed by atoms with van der Waals surface area (Å²) < 4.78 is 0. The Bertz CT molecular complexity index is 499. The van der Waals surface area contributed by atoms with Gasteiger partial charge in [-0.25, -0.2) is 0 Å². The number of anilines is 1. The van der Waals surface area contributed by atoms with Crippen LogP contribution in [0.5, 0.6) is 0 Å². The smallest absolute Gasteiger partial charge is 0.235 e. The highest BCUT2D eigenvalue weighted by Gasteiger charge is 2.23. The molecule has 0 aliphatic carbocycles. The maximum absolute atomic E-state index is 11.3. The van der Waals surface area contributed by atoms with E-state index in [4.69, 9.17) is 34.8 Å². The van der Waals surface area contributed by atoms with Gasteiger partial charge in [-0.1, -0.05) is 29.3 Å². The third-order valence-electron chi connectivity index (χ3n) is 3.57. The molecule has 110 valence electrons. The molecule has 1 saturated heterocycles. The molecule has 1 aliphatic heterocycles. The number of carbonyl (C=O) groups is 1. The fourth-order valence-corrected chi connectivity index (χ4v) is 3.10. The third kappa shape index (κ3) is 3.51. The highest BCUT2D eigenvalue weighted by atomic mass is 35.5. The summed E-state index contributed by atoms with van der Waals surface area (Å²) in [7, 11) is 0. The summed E-state index contributed by atoms with van der Waals surface area (Å²) in [6.07, 6.45) is 1.76. The van der Waals surface area contributed by atoms with Crippen LogP contribution in [0.3, 0.4) is 0 Å².